The van der Waals surface area contributed by atoms with E-state index in [1.54, 1.807) is 0 Å². The Labute approximate surface area is 162 Å². The van der Waals surface area contributed by atoms with Crippen molar-refractivity contribution in [3.05, 3.63) is 89.4 Å². The quantitative estimate of drug-likeness (QED) is 0.511. The molecule has 27 heavy (non-hydrogen) atoms. The van der Waals surface area contributed by atoms with Crippen molar-refractivity contribution in [3.8, 4) is 22.8 Å². The average Bonchev–Trinajstić information content (AvgIpc) is 3.16. The fourth-order valence-corrected chi connectivity index (χ4v) is 3.70. The highest BCUT2D eigenvalue weighted by molar-refractivity contribution is 6.30. The molecule has 2 heterocycles. The van der Waals surface area contributed by atoms with E-state index in [0.29, 0.717) is 10.8 Å². The maximum Gasteiger partial charge on any atom is 0.181 e. The van der Waals surface area contributed by atoms with E-state index in [1.807, 2.05) is 71.4 Å². The summed E-state index contributed by atoms with van der Waals surface area (Å²) in [5.74, 6) is 1.56. The molecule has 0 bridgehead atoms. The fourth-order valence-electron chi connectivity index (χ4n) is 3.58. The average molecular weight is 373 g/mol. The zero-order valence-electron chi connectivity index (χ0n) is 14.7. The van der Waals surface area contributed by atoms with E-state index in [1.165, 1.54) is 0 Å². The van der Waals surface area contributed by atoms with Gasteiger partial charge in [-0.05, 0) is 36.8 Å². The summed E-state index contributed by atoms with van der Waals surface area (Å²) in [6.07, 6.45) is 0. The van der Waals surface area contributed by atoms with Crippen molar-refractivity contribution in [1.29, 1.82) is 0 Å². The van der Waals surface area contributed by atoms with Gasteiger partial charge in [0, 0.05) is 21.8 Å². The first-order valence-corrected chi connectivity index (χ1v) is 9.19. The molecule has 5 rings (SSSR count). The molecule has 1 aliphatic heterocycles. The number of benzene rings is 3. The molecule has 0 spiro atoms. The van der Waals surface area contributed by atoms with E-state index >= 15 is 0 Å². The maximum atomic E-state index is 6.11. The standard InChI is InChI=1S/C22H17ClN4/c1-22(16-11-13-17(23)14-12-16)25-19-10-6-5-9-18(19)21-24-20(26-27(21)22)15-7-3-2-4-8-15/h2-14,25H,1H3/t22-/m0/s1. The third kappa shape index (κ3) is 2.53. The van der Waals surface area contributed by atoms with Gasteiger partial charge in [-0.2, -0.15) is 0 Å². The normalized spacial score (nSPS) is 17.7. The predicted molar refractivity (Wildman–Crippen MR) is 109 cm³/mol. The van der Waals surface area contributed by atoms with Gasteiger partial charge < -0.3 is 5.32 Å². The number of rotatable bonds is 2. The number of aromatic nitrogens is 3. The molecule has 3 aromatic carbocycles. The molecule has 0 radical (unpaired) electrons. The summed E-state index contributed by atoms with van der Waals surface area (Å²) in [5, 5.41) is 9.24. The van der Waals surface area contributed by atoms with Gasteiger partial charge in [-0.1, -0.05) is 66.2 Å². The van der Waals surface area contributed by atoms with Crippen molar-refractivity contribution in [2.45, 2.75) is 12.6 Å². The number of para-hydroxylation sites is 1. The van der Waals surface area contributed by atoms with Gasteiger partial charge in [0.2, 0.25) is 0 Å². The zero-order chi connectivity index (χ0) is 18.4. The van der Waals surface area contributed by atoms with Crippen molar-refractivity contribution in [2.24, 2.45) is 0 Å². The monoisotopic (exact) mass is 372 g/mol. The number of hydrogen-bond donors (Lipinski definition) is 1. The van der Waals surface area contributed by atoms with Crippen LogP contribution in [-0.4, -0.2) is 14.8 Å². The molecule has 1 atom stereocenters. The Morgan fingerprint density at radius 3 is 2.37 bits per heavy atom. The molecule has 1 aromatic heterocycles. The third-order valence-electron chi connectivity index (χ3n) is 5.02. The zero-order valence-corrected chi connectivity index (χ0v) is 15.5. The highest BCUT2D eigenvalue weighted by Crippen LogP contribution is 2.41. The second-order valence-corrected chi connectivity index (χ2v) is 7.22. The molecule has 1 aliphatic rings. The van der Waals surface area contributed by atoms with Gasteiger partial charge in [-0.15, -0.1) is 5.10 Å². The van der Waals surface area contributed by atoms with E-state index in [2.05, 4.69) is 24.4 Å². The summed E-state index contributed by atoms with van der Waals surface area (Å²) in [4.78, 5) is 4.89. The Kier molecular flexibility index (Phi) is 3.55. The van der Waals surface area contributed by atoms with Crippen LogP contribution < -0.4 is 5.32 Å². The van der Waals surface area contributed by atoms with Crippen LogP contribution in [0.5, 0.6) is 0 Å². The first kappa shape index (κ1) is 16.1. The number of hydrogen-bond acceptors (Lipinski definition) is 3. The Morgan fingerprint density at radius 2 is 1.59 bits per heavy atom. The van der Waals surface area contributed by atoms with Crippen LogP contribution in [0.15, 0.2) is 78.9 Å². The lowest BCUT2D eigenvalue weighted by molar-refractivity contribution is 0.404. The number of nitrogens with zero attached hydrogens (tertiary/aromatic N) is 3. The van der Waals surface area contributed by atoms with E-state index in [4.69, 9.17) is 21.7 Å². The molecule has 0 aliphatic carbocycles. The van der Waals surface area contributed by atoms with E-state index in [-0.39, 0.29) is 0 Å². The fraction of sp³-hybridized carbons (Fsp3) is 0.0909. The molecule has 1 N–H and O–H groups in total. The van der Waals surface area contributed by atoms with Gasteiger partial charge in [0.15, 0.2) is 17.3 Å². The Hall–Kier alpha value is -3.11. The summed E-state index contributed by atoms with van der Waals surface area (Å²) in [7, 11) is 0. The van der Waals surface area contributed by atoms with Crippen LogP contribution in [0.1, 0.15) is 12.5 Å². The molecule has 4 nitrogen and oxygen atoms in total. The molecule has 0 saturated heterocycles. The number of halogens is 1. The minimum absolute atomic E-state index is 0.575. The van der Waals surface area contributed by atoms with Crippen LogP contribution >= 0.6 is 11.6 Å². The van der Waals surface area contributed by atoms with Gasteiger partial charge in [0.1, 0.15) is 0 Å². The van der Waals surface area contributed by atoms with Crippen LogP contribution in [0.25, 0.3) is 22.8 Å². The second-order valence-electron chi connectivity index (χ2n) is 6.79. The number of nitrogens with one attached hydrogen (secondary N) is 1. The van der Waals surface area contributed by atoms with Gasteiger partial charge in [0.25, 0.3) is 0 Å². The molecule has 0 unspecified atom stereocenters. The summed E-state index contributed by atoms with van der Waals surface area (Å²) in [5.41, 5.74) is 3.56. The van der Waals surface area contributed by atoms with Gasteiger partial charge >= 0.3 is 0 Å². The van der Waals surface area contributed by atoms with E-state index < -0.39 is 5.66 Å². The van der Waals surface area contributed by atoms with Crippen molar-refractivity contribution < 1.29 is 0 Å². The number of fused-ring (bicyclic) bond motifs is 3. The largest absolute Gasteiger partial charge is 0.357 e. The summed E-state index contributed by atoms with van der Waals surface area (Å²) in [6, 6.07) is 26.1. The van der Waals surface area contributed by atoms with Crippen LogP contribution in [0.4, 0.5) is 5.69 Å². The highest BCUT2D eigenvalue weighted by Gasteiger charge is 2.38. The highest BCUT2D eigenvalue weighted by atomic mass is 35.5. The predicted octanol–water partition coefficient (Wildman–Crippen LogP) is 5.41. The molecule has 4 aromatic rings. The van der Waals surface area contributed by atoms with Crippen molar-refractivity contribution in [2.75, 3.05) is 5.32 Å². The first-order chi connectivity index (χ1) is 13.1. The minimum atomic E-state index is -0.575. The minimum Gasteiger partial charge on any atom is -0.357 e. The third-order valence-corrected chi connectivity index (χ3v) is 5.27. The molecule has 0 fully saturated rings. The van der Waals surface area contributed by atoms with Crippen molar-refractivity contribution in [1.82, 2.24) is 14.8 Å². The molecule has 0 saturated carbocycles. The van der Waals surface area contributed by atoms with Crippen molar-refractivity contribution in [3.63, 3.8) is 0 Å². The van der Waals surface area contributed by atoms with Crippen LogP contribution in [0.3, 0.4) is 0 Å². The van der Waals surface area contributed by atoms with E-state index in [9.17, 15) is 0 Å². The van der Waals surface area contributed by atoms with Gasteiger partial charge in [0.05, 0.1) is 0 Å². The topological polar surface area (TPSA) is 42.7 Å². The Balaban J connectivity index is 1.75. The van der Waals surface area contributed by atoms with Crippen LogP contribution in [0.2, 0.25) is 5.02 Å². The van der Waals surface area contributed by atoms with Crippen molar-refractivity contribution >= 4 is 17.3 Å². The Morgan fingerprint density at radius 1 is 0.889 bits per heavy atom. The van der Waals surface area contributed by atoms with E-state index in [0.717, 1.165) is 28.2 Å². The van der Waals surface area contributed by atoms with Crippen LogP contribution in [-0.2, 0) is 5.66 Å². The van der Waals surface area contributed by atoms with Gasteiger partial charge in [-0.25, -0.2) is 9.67 Å². The summed E-state index contributed by atoms with van der Waals surface area (Å²) >= 11 is 6.11. The molecule has 132 valence electrons. The molecular weight excluding hydrogens is 356 g/mol. The SMILES string of the molecule is C[C@]1(c2ccc(Cl)cc2)Nc2ccccc2-c2nc(-c3ccccc3)nn21. The lowest BCUT2D eigenvalue weighted by Gasteiger charge is -2.37. The lowest BCUT2D eigenvalue weighted by atomic mass is 9.97. The molecule has 0 amide bonds. The Bertz CT molecular complexity index is 1120. The number of anilines is 1. The second kappa shape index (κ2) is 5.96. The molecular formula is C22H17ClN4. The lowest BCUT2D eigenvalue weighted by Crippen LogP contribution is -2.43. The smallest absolute Gasteiger partial charge is 0.181 e. The molecule has 5 heteroatoms. The van der Waals surface area contributed by atoms with Gasteiger partial charge in [-0.3, -0.25) is 0 Å². The summed E-state index contributed by atoms with van der Waals surface area (Å²) in [6.45, 7) is 2.11. The van der Waals surface area contributed by atoms with Crippen LogP contribution in [0, 0.1) is 0 Å². The summed E-state index contributed by atoms with van der Waals surface area (Å²) < 4.78 is 1.97. The first-order valence-electron chi connectivity index (χ1n) is 8.82. The maximum absolute atomic E-state index is 6.11.